The summed E-state index contributed by atoms with van der Waals surface area (Å²) in [4.78, 5) is 12.9. The van der Waals surface area contributed by atoms with E-state index < -0.39 is 0 Å². The van der Waals surface area contributed by atoms with Crippen molar-refractivity contribution < 1.29 is 9.53 Å². The van der Waals surface area contributed by atoms with Gasteiger partial charge in [-0.1, -0.05) is 50.6 Å². The Morgan fingerprint density at radius 3 is 2.73 bits per heavy atom. The van der Waals surface area contributed by atoms with Gasteiger partial charge in [-0.05, 0) is 37.0 Å². The molecule has 3 rings (SSSR count). The number of nitrogens with zero attached hydrogens (tertiary/aromatic N) is 2. The van der Waals surface area contributed by atoms with Gasteiger partial charge < -0.3 is 4.74 Å². The first-order chi connectivity index (χ1) is 12.3. The Kier molecular flexibility index (Phi) is 5.68. The van der Waals surface area contributed by atoms with Gasteiger partial charge in [0.1, 0.15) is 15.8 Å². The lowest BCUT2D eigenvalue weighted by molar-refractivity contribution is 0.104. The highest BCUT2D eigenvalue weighted by atomic mass is 35.5. The van der Waals surface area contributed by atoms with Crippen molar-refractivity contribution in [3.05, 3.63) is 39.9 Å². The number of ether oxygens (including phenoxy) is 1. The minimum Gasteiger partial charge on any atom is -0.496 e. The fourth-order valence-electron chi connectivity index (χ4n) is 2.85. The summed E-state index contributed by atoms with van der Waals surface area (Å²) >= 11 is 7.66. The number of ketones is 1. The summed E-state index contributed by atoms with van der Waals surface area (Å²) in [5.74, 6) is 1.08. The maximum atomic E-state index is 12.9. The molecule has 1 heterocycles. The number of methoxy groups -OCH3 is 1. The van der Waals surface area contributed by atoms with Gasteiger partial charge >= 0.3 is 0 Å². The molecule has 1 saturated carbocycles. The molecule has 4 nitrogen and oxygen atoms in total. The van der Waals surface area contributed by atoms with Crippen molar-refractivity contribution in [2.45, 2.75) is 40.0 Å². The Labute approximate surface area is 164 Å². The third kappa shape index (κ3) is 4.26. The average molecular weight is 393 g/mol. The summed E-state index contributed by atoms with van der Waals surface area (Å²) in [5, 5.41) is 9.25. The van der Waals surface area contributed by atoms with E-state index in [9.17, 15) is 4.79 Å². The third-order valence-corrected chi connectivity index (χ3v) is 6.31. The molecular formula is C20H25ClN2O2S. The molecule has 1 aliphatic carbocycles. The molecule has 1 aromatic carbocycles. The molecule has 0 N–H and O–H groups in total. The number of carbonyl (C=O) groups excluding carboxylic acids is 1. The lowest BCUT2D eigenvalue weighted by Gasteiger charge is -2.29. The number of hydrogen-bond acceptors (Lipinski definition) is 5. The number of hydrogen-bond donors (Lipinski definition) is 0. The number of rotatable bonds is 5. The molecule has 1 fully saturated rings. The molecule has 0 atom stereocenters. The van der Waals surface area contributed by atoms with Crippen molar-refractivity contribution in [2.24, 2.45) is 16.4 Å². The molecule has 0 saturated heterocycles. The molecule has 0 radical (unpaired) electrons. The maximum Gasteiger partial charge on any atom is 0.192 e. The molecular weight excluding hydrogens is 368 g/mol. The second-order valence-corrected chi connectivity index (χ2v) is 9.27. The SMILES string of the molecule is COc1ccc(Cl)cc1C(=O)/C=C1\SC(C(C)(C)C)=NN1CC1CCC1. The zero-order chi connectivity index (χ0) is 18.9. The minimum atomic E-state index is -0.115. The van der Waals surface area contributed by atoms with Gasteiger partial charge in [0.15, 0.2) is 5.78 Å². The van der Waals surface area contributed by atoms with Crippen LogP contribution >= 0.6 is 23.4 Å². The van der Waals surface area contributed by atoms with Crippen LogP contribution < -0.4 is 4.74 Å². The third-order valence-electron chi connectivity index (χ3n) is 4.65. The normalized spacial score (nSPS) is 19.5. The summed E-state index contributed by atoms with van der Waals surface area (Å²) in [5.41, 5.74) is 0.426. The van der Waals surface area contributed by atoms with E-state index in [0.717, 1.165) is 16.6 Å². The molecule has 2 aliphatic rings. The first-order valence-electron chi connectivity index (χ1n) is 8.92. The smallest absolute Gasteiger partial charge is 0.192 e. The zero-order valence-corrected chi connectivity index (χ0v) is 17.3. The number of hydrazone groups is 1. The molecule has 0 unspecified atom stereocenters. The van der Waals surface area contributed by atoms with Gasteiger partial charge in [0.05, 0.1) is 12.7 Å². The predicted molar refractivity (Wildman–Crippen MR) is 109 cm³/mol. The van der Waals surface area contributed by atoms with E-state index in [1.165, 1.54) is 19.3 Å². The fraction of sp³-hybridized carbons (Fsp3) is 0.500. The van der Waals surface area contributed by atoms with Crippen molar-refractivity contribution in [2.75, 3.05) is 13.7 Å². The predicted octanol–water partition coefficient (Wildman–Crippen LogP) is 5.58. The van der Waals surface area contributed by atoms with Crippen LogP contribution in [0.15, 0.2) is 34.4 Å². The molecule has 0 aromatic heterocycles. The van der Waals surface area contributed by atoms with Gasteiger partial charge in [0.2, 0.25) is 0 Å². The first kappa shape index (κ1) is 19.3. The minimum absolute atomic E-state index is 0.0467. The van der Waals surface area contributed by atoms with E-state index in [4.69, 9.17) is 21.4 Å². The molecule has 6 heteroatoms. The monoisotopic (exact) mass is 392 g/mol. The van der Waals surface area contributed by atoms with Crippen LogP contribution in [0.3, 0.4) is 0 Å². The lowest BCUT2D eigenvalue weighted by Crippen LogP contribution is -2.26. The van der Waals surface area contributed by atoms with Crippen LogP contribution in [0.1, 0.15) is 50.4 Å². The Balaban J connectivity index is 1.87. The van der Waals surface area contributed by atoms with Gasteiger partial charge in [0, 0.05) is 23.1 Å². The molecule has 1 aliphatic heterocycles. The fourth-order valence-corrected chi connectivity index (χ4v) is 4.05. The van der Waals surface area contributed by atoms with E-state index in [-0.39, 0.29) is 11.2 Å². The summed E-state index contributed by atoms with van der Waals surface area (Å²) in [7, 11) is 1.56. The van der Waals surface area contributed by atoms with Crippen LogP contribution in [0.25, 0.3) is 0 Å². The van der Waals surface area contributed by atoms with Gasteiger partial charge in [0.25, 0.3) is 0 Å². The lowest BCUT2D eigenvalue weighted by atomic mass is 9.85. The Bertz CT molecular complexity index is 764. The standard InChI is InChI=1S/C20H25ClN2O2S/c1-20(2,3)19-22-23(12-13-6-5-7-13)18(26-19)11-16(24)15-10-14(21)8-9-17(15)25-4/h8-11,13H,5-7,12H2,1-4H3/b18-11-. The molecule has 1 aromatic rings. The molecule has 0 spiro atoms. The maximum absolute atomic E-state index is 12.9. The average Bonchev–Trinajstić information content (AvgIpc) is 2.94. The molecule has 26 heavy (non-hydrogen) atoms. The highest BCUT2D eigenvalue weighted by Crippen LogP contribution is 2.40. The zero-order valence-electron chi connectivity index (χ0n) is 15.7. The van der Waals surface area contributed by atoms with E-state index in [2.05, 4.69) is 20.8 Å². The van der Waals surface area contributed by atoms with Gasteiger partial charge in [-0.25, -0.2) is 0 Å². The van der Waals surface area contributed by atoms with Gasteiger partial charge in [-0.15, -0.1) is 0 Å². The van der Waals surface area contributed by atoms with Crippen molar-refractivity contribution in [1.82, 2.24) is 5.01 Å². The van der Waals surface area contributed by atoms with Crippen molar-refractivity contribution in [1.29, 1.82) is 0 Å². The highest BCUT2D eigenvalue weighted by molar-refractivity contribution is 8.17. The second-order valence-electron chi connectivity index (χ2n) is 7.83. The Morgan fingerprint density at radius 1 is 1.42 bits per heavy atom. The topological polar surface area (TPSA) is 41.9 Å². The van der Waals surface area contributed by atoms with Crippen LogP contribution in [0, 0.1) is 11.3 Å². The summed E-state index contributed by atoms with van der Waals surface area (Å²) in [6.45, 7) is 7.31. The van der Waals surface area contributed by atoms with Crippen LogP contribution in [0.2, 0.25) is 5.02 Å². The first-order valence-corrected chi connectivity index (χ1v) is 10.1. The Morgan fingerprint density at radius 2 is 2.15 bits per heavy atom. The number of carbonyl (C=O) groups is 1. The molecule has 140 valence electrons. The van der Waals surface area contributed by atoms with Crippen LogP contribution in [-0.4, -0.2) is 29.5 Å². The summed E-state index contributed by atoms with van der Waals surface area (Å²) < 4.78 is 5.32. The Hall–Kier alpha value is -1.46. The van der Waals surface area contributed by atoms with Crippen LogP contribution in [0.4, 0.5) is 0 Å². The summed E-state index contributed by atoms with van der Waals surface area (Å²) in [6, 6.07) is 5.10. The number of thioether (sulfide) groups is 1. The van der Waals surface area contributed by atoms with Gasteiger partial charge in [-0.2, -0.15) is 5.10 Å². The van der Waals surface area contributed by atoms with Gasteiger partial charge in [-0.3, -0.25) is 9.80 Å². The van der Waals surface area contributed by atoms with E-state index in [0.29, 0.717) is 22.3 Å². The van der Waals surface area contributed by atoms with E-state index >= 15 is 0 Å². The second kappa shape index (κ2) is 7.65. The number of halogens is 1. The van der Waals surface area contributed by atoms with E-state index in [1.54, 1.807) is 43.1 Å². The van der Waals surface area contributed by atoms with E-state index in [1.807, 2.05) is 5.01 Å². The van der Waals surface area contributed by atoms with Crippen LogP contribution in [-0.2, 0) is 0 Å². The number of allylic oxidation sites excluding steroid dienone is 1. The largest absolute Gasteiger partial charge is 0.496 e. The summed E-state index contributed by atoms with van der Waals surface area (Å²) in [6.07, 6.45) is 5.44. The van der Waals surface area contributed by atoms with Crippen LogP contribution in [0.5, 0.6) is 5.75 Å². The number of benzene rings is 1. The molecule has 0 bridgehead atoms. The van der Waals surface area contributed by atoms with Crippen molar-refractivity contribution in [3.8, 4) is 5.75 Å². The molecule has 0 amide bonds. The quantitative estimate of drug-likeness (QED) is 0.484. The highest BCUT2D eigenvalue weighted by Gasteiger charge is 2.32. The van der Waals surface area contributed by atoms with Crippen molar-refractivity contribution in [3.63, 3.8) is 0 Å². The van der Waals surface area contributed by atoms with Crippen molar-refractivity contribution >= 4 is 34.2 Å².